The number of carbonyl (C=O) groups excluding carboxylic acids is 1. The lowest BCUT2D eigenvalue weighted by molar-refractivity contribution is -0.130. The van der Waals surface area contributed by atoms with Crippen molar-refractivity contribution in [1.82, 2.24) is 4.90 Å². The zero-order valence-corrected chi connectivity index (χ0v) is 7.34. The van der Waals surface area contributed by atoms with E-state index in [9.17, 15) is 4.79 Å². The van der Waals surface area contributed by atoms with Gasteiger partial charge in [0, 0.05) is 19.0 Å². The van der Waals surface area contributed by atoms with E-state index in [1.807, 2.05) is 11.9 Å². The fourth-order valence-electron chi connectivity index (χ4n) is 2.19. The number of hydrogen-bond donors (Lipinski definition) is 0. The van der Waals surface area contributed by atoms with Gasteiger partial charge in [0.2, 0.25) is 5.91 Å². The van der Waals surface area contributed by atoms with Gasteiger partial charge in [0.05, 0.1) is 5.38 Å². The summed E-state index contributed by atoms with van der Waals surface area (Å²) in [5.41, 5.74) is 0. The lowest BCUT2D eigenvalue weighted by Gasteiger charge is -2.25. The van der Waals surface area contributed by atoms with Gasteiger partial charge in [0.15, 0.2) is 0 Å². The Hall–Kier alpha value is -0.240. The second kappa shape index (κ2) is 2.37. The number of amides is 1. The molecule has 0 radical (unpaired) electrons. The largest absolute Gasteiger partial charge is 0.341 e. The summed E-state index contributed by atoms with van der Waals surface area (Å²) < 4.78 is 0. The molecule has 0 aromatic rings. The Morgan fingerprint density at radius 3 is 2.91 bits per heavy atom. The maximum absolute atomic E-state index is 11.4. The van der Waals surface area contributed by atoms with Crippen molar-refractivity contribution in [3.63, 3.8) is 0 Å². The van der Waals surface area contributed by atoms with Gasteiger partial charge in [0.1, 0.15) is 0 Å². The smallest absolute Gasteiger partial charge is 0.225 e. The topological polar surface area (TPSA) is 20.3 Å². The molecular formula is C8H12ClNO. The lowest BCUT2D eigenvalue weighted by Crippen LogP contribution is -2.34. The third-order valence-corrected chi connectivity index (χ3v) is 3.44. The van der Waals surface area contributed by atoms with Crippen LogP contribution in [0.1, 0.15) is 19.3 Å². The zero-order valence-electron chi connectivity index (χ0n) is 6.59. The second-order valence-corrected chi connectivity index (χ2v) is 4.10. The summed E-state index contributed by atoms with van der Waals surface area (Å²) in [5, 5.41) is 0.197. The molecule has 2 rings (SSSR count). The highest BCUT2D eigenvalue weighted by Gasteiger charge is 2.44. The van der Waals surface area contributed by atoms with Crippen LogP contribution in [0.3, 0.4) is 0 Å². The maximum atomic E-state index is 11.4. The number of fused-ring (bicyclic) bond motifs is 2. The fraction of sp³-hybridized carbons (Fsp3) is 0.875. The van der Waals surface area contributed by atoms with E-state index >= 15 is 0 Å². The van der Waals surface area contributed by atoms with E-state index in [1.165, 1.54) is 0 Å². The number of likely N-dealkylation sites (tertiary alicyclic amines) is 1. The van der Waals surface area contributed by atoms with Crippen molar-refractivity contribution in [2.75, 3.05) is 7.05 Å². The van der Waals surface area contributed by atoms with Crippen LogP contribution < -0.4 is 0 Å². The number of alkyl halides is 1. The minimum absolute atomic E-state index is 0.197. The van der Waals surface area contributed by atoms with Crippen molar-refractivity contribution in [2.45, 2.75) is 30.7 Å². The normalized spacial score (nSPS) is 43.3. The van der Waals surface area contributed by atoms with Crippen molar-refractivity contribution in [3.05, 3.63) is 0 Å². The van der Waals surface area contributed by atoms with Crippen molar-refractivity contribution in [2.24, 2.45) is 5.92 Å². The predicted molar refractivity (Wildman–Crippen MR) is 43.5 cm³/mol. The first-order valence-corrected chi connectivity index (χ1v) is 4.54. The third-order valence-electron chi connectivity index (χ3n) is 2.93. The molecule has 1 saturated heterocycles. The summed E-state index contributed by atoms with van der Waals surface area (Å²) in [4.78, 5) is 13.2. The zero-order chi connectivity index (χ0) is 8.01. The first kappa shape index (κ1) is 7.41. The first-order valence-electron chi connectivity index (χ1n) is 4.11. The van der Waals surface area contributed by atoms with Crippen LogP contribution in [0.25, 0.3) is 0 Å². The average molecular weight is 174 g/mol. The van der Waals surface area contributed by atoms with E-state index in [0.29, 0.717) is 17.9 Å². The number of halogens is 1. The summed E-state index contributed by atoms with van der Waals surface area (Å²) in [7, 11) is 1.87. The summed E-state index contributed by atoms with van der Waals surface area (Å²) in [6.07, 6.45) is 2.99. The molecule has 11 heavy (non-hydrogen) atoms. The Morgan fingerprint density at radius 2 is 2.27 bits per heavy atom. The molecule has 3 heteroatoms. The molecule has 0 N–H and O–H groups in total. The Balaban J connectivity index is 2.22. The molecule has 2 aliphatic rings. The molecule has 0 spiro atoms. The molecule has 2 nitrogen and oxygen atoms in total. The van der Waals surface area contributed by atoms with E-state index in [-0.39, 0.29) is 5.38 Å². The van der Waals surface area contributed by atoms with Gasteiger partial charge in [0.25, 0.3) is 0 Å². The molecule has 1 aliphatic carbocycles. The Morgan fingerprint density at radius 1 is 1.55 bits per heavy atom. The molecule has 1 aliphatic heterocycles. The van der Waals surface area contributed by atoms with Gasteiger partial charge in [-0.05, 0) is 19.3 Å². The van der Waals surface area contributed by atoms with E-state index in [0.717, 1.165) is 19.3 Å². The van der Waals surface area contributed by atoms with Crippen molar-refractivity contribution in [3.8, 4) is 0 Å². The van der Waals surface area contributed by atoms with Gasteiger partial charge in [-0.3, -0.25) is 4.79 Å². The molecule has 0 aromatic carbocycles. The average Bonchev–Trinajstić information content (AvgIpc) is 2.24. The molecule has 62 valence electrons. The fourth-order valence-corrected chi connectivity index (χ4v) is 2.58. The summed E-state index contributed by atoms with van der Waals surface area (Å²) in [6.45, 7) is 0. The van der Waals surface area contributed by atoms with Gasteiger partial charge >= 0.3 is 0 Å². The van der Waals surface area contributed by atoms with Gasteiger partial charge in [-0.25, -0.2) is 0 Å². The summed E-state index contributed by atoms with van der Waals surface area (Å²) in [5.74, 6) is 0.596. The number of rotatable bonds is 0. The Labute approximate surface area is 71.5 Å². The third kappa shape index (κ3) is 0.959. The van der Waals surface area contributed by atoms with Gasteiger partial charge in [-0.2, -0.15) is 0 Å². The van der Waals surface area contributed by atoms with Crippen molar-refractivity contribution < 1.29 is 4.79 Å². The highest BCUT2D eigenvalue weighted by Crippen LogP contribution is 2.37. The second-order valence-electron chi connectivity index (χ2n) is 3.54. The van der Waals surface area contributed by atoms with Crippen LogP contribution in [0, 0.1) is 5.92 Å². The maximum Gasteiger partial charge on any atom is 0.225 e. The van der Waals surface area contributed by atoms with Crippen molar-refractivity contribution in [1.29, 1.82) is 0 Å². The molecule has 0 aromatic heterocycles. The van der Waals surface area contributed by atoms with Crippen LogP contribution in [0.5, 0.6) is 0 Å². The van der Waals surface area contributed by atoms with Crippen LogP contribution in [0.2, 0.25) is 0 Å². The SMILES string of the molecule is CN1C(=O)[C@@H]2CC[C@@H](Cl)[C@@H]1C2. The van der Waals surface area contributed by atoms with Crippen LogP contribution in [-0.4, -0.2) is 29.3 Å². The minimum Gasteiger partial charge on any atom is -0.341 e. The first-order chi connectivity index (χ1) is 5.20. The van der Waals surface area contributed by atoms with E-state index in [4.69, 9.17) is 11.6 Å². The number of hydrogen-bond acceptors (Lipinski definition) is 1. The summed E-state index contributed by atoms with van der Waals surface area (Å²) >= 11 is 6.08. The highest BCUT2D eigenvalue weighted by molar-refractivity contribution is 6.21. The summed E-state index contributed by atoms with van der Waals surface area (Å²) in [6, 6.07) is 0.322. The molecular weight excluding hydrogens is 162 g/mol. The molecule has 2 bridgehead atoms. The lowest BCUT2D eigenvalue weighted by atomic mass is 9.90. The Kier molecular flexibility index (Phi) is 1.60. The van der Waals surface area contributed by atoms with Crippen LogP contribution in [0.15, 0.2) is 0 Å². The molecule has 1 heterocycles. The minimum atomic E-state index is 0.197. The van der Waals surface area contributed by atoms with Gasteiger partial charge in [-0.1, -0.05) is 0 Å². The highest BCUT2D eigenvalue weighted by atomic mass is 35.5. The molecule has 3 atom stereocenters. The van der Waals surface area contributed by atoms with Gasteiger partial charge in [-0.15, -0.1) is 11.6 Å². The number of carbonyl (C=O) groups is 1. The molecule has 0 unspecified atom stereocenters. The Bertz CT molecular complexity index is 195. The van der Waals surface area contributed by atoms with E-state index in [1.54, 1.807) is 0 Å². The predicted octanol–water partition coefficient (Wildman–Crippen LogP) is 1.23. The number of nitrogens with zero attached hydrogens (tertiary/aromatic N) is 1. The van der Waals surface area contributed by atoms with Gasteiger partial charge < -0.3 is 4.90 Å². The molecule has 2 fully saturated rings. The van der Waals surface area contributed by atoms with Crippen molar-refractivity contribution >= 4 is 17.5 Å². The monoisotopic (exact) mass is 173 g/mol. The van der Waals surface area contributed by atoms with E-state index < -0.39 is 0 Å². The van der Waals surface area contributed by atoms with E-state index in [2.05, 4.69) is 0 Å². The molecule has 1 amide bonds. The van der Waals surface area contributed by atoms with Crippen LogP contribution in [-0.2, 0) is 4.79 Å². The van der Waals surface area contributed by atoms with Crippen LogP contribution in [0.4, 0.5) is 0 Å². The quantitative estimate of drug-likeness (QED) is 0.505. The standard InChI is InChI=1S/C8H12ClNO/c1-10-7-4-5(8(10)11)2-3-6(7)9/h5-7H,2-4H2,1H3/t5-,6-,7+/m1/s1. The van der Waals surface area contributed by atoms with Crippen LogP contribution >= 0.6 is 11.6 Å². The molecule has 1 saturated carbocycles.